The highest BCUT2D eigenvalue weighted by atomic mass is 16.5. The lowest BCUT2D eigenvalue weighted by molar-refractivity contribution is -0.142. The van der Waals surface area contributed by atoms with Crippen molar-refractivity contribution >= 4 is 5.91 Å². The molecule has 1 N–H and O–H groups in total. The number of morpholine rings is 1. The molecule has 0 unspecified atom stereocenters. The van der Waals surface area contributed by atoms with Crippen LogP contribution in [0.5, 0.6) is 0 Å². The lowest BCUT2D eigenvalue weighted by Crippen LogP contribution is -2.45. The molecule has 3 rings (SSSR count). The zero-order chi connectivity index (χ0) is 15.5. The summed E-state index contributed by atoms with van der Waals surface area (Å²) in [4.78, 5) is 18.8. The summed E-state index contributed by atoms with van der Waals surface area (Å²) in [7, 11) is 0. The minimum Gasteiger partial charge on any atom is -0.366 e. The second-order valence-electron chi connectivity index (χ2n) is 5.30. The van der Waals surface area contributed by atoms with Crippen LogP contribution in [0, 0.1) is 0 Å². The number of aryl methyl sites for hydroxylation is 1. The summed E-state index contributed by atoms with van der Waals surface area (Å²) in [6.45, 7) is 5.38. The number of carbonyl (C=O) groups excluding carboxylic acids is 1. The molecular weight excluding hydrogens is 284 g/mol. The van der Waals surface area contributed by atoms with Crippen LogP contribution in [-0.2, 0) is 16.0 Å². The van der Waals surface area contributed by atoms with Crippen molar-refractivity contribution in [2.45, 2.75) is 32.4 Å². The van der Waals surface area contributed by atoms with Crippen LogP contribution < -0.4 is 0 Å². The molecule has 8 nitrogen and oxygen atoms in total. The molecule has 0 aromatic carbocycles. The van der Waals surface area contributed by atoms with Gasteiger partial charge in [-0.05, 0) is 13.0 Å². The van der Waals surface area contributed by atoms with Crippen LogP contribution in [0.25, 0.3) is 0 Å². The monoisotopic (exact) mass is 304 g/mol. The van der Waals surface area contributed by atoms with E-state index in [-0.39, 0.29) is 18.1 Å². The predicted molar refractivity (Wildman–Crippen MR) is 78.0 cm³/mol. The predicted octanol–water partition coefficient (Wildman–Crippen LogP) is 0.725. The number of nitrogens with zero attached hydrogens (tertiary/aromatic N) is 5. The molecule has 3 heterocycles. The quantitative estimate of drug-likeness (QED) is 0.899. The smallest absolute Gasteiger partial charge is 0.247 e. The highest BCUT2D eigenvalue weighted by Crippen LogP contribution is 2.21. The first-order valence-electron chi connectivity index (χ1n) is 7.49. The van der Waals surface area contributed by atoms with Gasteiger partial charge in [-0.25, -0.2) is 4.98 Å². The van der Waals surface area contributed by atoms with Crippen LogP contribution >= 0.6 is 0 Å². The Morgan fingerprint density at radius 2 is 2.45 bits per heavy atom. The Bertz CT molecular complexity index is 623. The molecule has 2 atom stereocenters. The number of aromatic amines is 1. The summed E-state index contributed by atoms with van der Waals surface area (Å²) in [6.07, 6.45) is 3.98. The average Bonchev–Trinajstić information content (AvgIpc) is 3.24. The van der Waals surface area contributed by atoms with Crippen molar-refractivity contribution in [2.24, 2.45) is 0 Å². The fourth-order valence-electron chi connectivity index (χ4n) is 2.50. The summed E-state index contributed by atoms with van der Waals surface area (Å²) in [5.74, 6) is 1.47. The summed E-state index contributed by atoms with van der Waals surface area (Å²) in [5.41, 5.74) is 0. The number of aromatic nitrogens is 5. The minimum atomic E-state index is -0.327. The number of nitrogens with one attached hydrogen (secondary N) is 1. The number of ether oxygens (including phenoxy) is 1. The highest BCUT2D eigenvalue weighted by molar-refractivity contribution is 5.80. The van der Waals surface area contributed by atoms with Gasteiger partial charge in [-0.3, -0.25) is 14.6 Å². The van der Waals surface area contributed by atoms with Gasteiger partial charge in [-0.15, -0.1) is 0 Å². The van der Waals surface area contributed by atoms with E-state index in [1.54, 1.807) is 22.0 Å². The van der Waals surface area contributed by atoms with Gasteiger partial charge < -0.3 is 9.64 Å². The molecule has 0 radical (unpaired) electrons. The fraction of sp³-hybridized carbons (Fsp3) is 0.571. The van der Waals surface area contributed by atoms with Crippen LogP contribution in [0.1, 0.15) is 37.6 Å². The van der Waals surface area contributed by atoms with Crippen LogP contribution in [0.4, 0.5) is 0 Å². The molecule has 0 spiro atoms. The first kappa shape index (κ1) is 14.7. The summed E-state index contributed by atoms with van der Waals surface area (Å²) in [6, 6.07) is 1.48. The molecule has 1 fully saturated rings. The molecule has 2 aromatic rings. The lowest BCUT2D eigenvalue weighted by atomic mass is 10.2. The normalized spacial score (nSPS) is 20.1. The fourth-order valence-corrected chi connectivity index (χ4v) is 2.50. The van der Waals surface area contributed by atoms with E-state index in [0.29, 0.717) is 25.5 Å². The van der Waals surface area contributed by atoms with Crippen molar-refractivity contribution in [1.29, 1.82) is 0 Å². The standard InChI is InChI=1S/C14H20N6O2/c1-3-12-16-13(18-17-12)11-9-19(7-8-22-11)14(21)10(2)20-6-4-5-15-20/h4-6,10-11H,3,7-9H2,1-2H3,(H,16,17,18)/t10-,11+/m0/s1. The van der Waals surface area contributed by atoms with E-state index in [0.717, 1.165) is 12.2 Å². The van der Waals surface area contributed by atoms with E-state index in [4.69, 9.17) is 4.74 Å². The van der Waals surface area contributed by atoms with Gasteiger partial charge in [0.25, 0.3) is 0 Å². The summed E-state index contributed by atoms with van der Waals surface area (Å²) in [5, 5.41) is 11.2. The number of rotatable bonds is 4. The van der Waals surface area contributed by atoms with Gasteiger partial charge in [0.15, 0.2) is 5.82 Å². The topological polar surface area (TPSA) is 88.9 Å². The van der Waals surface area contributed by atoms with Crippen molar-refractivity contribution in [3.8, 4) is 0 Å². The maximum Gasteiger partial charge on any atom is 0.247 e. The van der Waals surface area contributed by atoms with Crippen molar-refractivity contribution in [3.05, 3.63) is 30.1 Å². The number of hydrogen-bond donors (Lipinski definition) is 1. The molecule has 0 saturated carbocycles. The molecular formula is C14H20N6O2. The Kier molecular flexibility index (Phi) is 4.19. The van der Waals surface area contributed by atoms with E-state index in [1.165, 1.54) is 0 Å². The van der Waals surface area contributed by atoms with Gasteiger partial charge in [0.05, 0.1) is 13.2 Å². The third-order valence-corrected chi connectivity index (χ3v) is 3.83. The largest absolute Gasteiger partial charge is 0.366 e. The van der Waals surface area contributed by atoms with Gasteiger partial charge in [-0.2, -0.15) is 10.2 Å². The average molecular weight is 304 g/mol. The highest BCUT2D eigenvalue weighted by Gasteiger charge is 2.30. The zero-order valence-corrected chi connectivity index (χ0v) is 12.8. The Balaban J connectivity index is 1.68. The maximum atomic E-state index is 12.6. The van der Waals surface area contributed by atoms with Crippen molar-refractivity contribution < 1.29 is 9.53 Å². The first-order chi connectivity index (χ1) is 10.7. The Morgan fingerprint density at radius 3 is 3.14 bits per heavy atom. The summed E-state index contributed by atoms with van der Waals surface area (Å²) < 4.78 is 7.37. The van der Waals surface area contributed by atoms with E-state index < -0.39 is 0 Å². The van der Waals surface area contributed by atoms with E-state index in [2.05, 4.69) is 20.3 Å². The van der Waals surface area contributed by atoms with Gasteiger partial charge in [-0.1, -0.05) is 6.92 Å². The molecule has 1 aliphatic heterocycles. The van der Waals surface area contributed by atoms with E-state index in [9.17, 15) is 4.79 Å². The second kappa shape index (κ2) is 6.27. The van der Waals surface area contributed by atoms with E-state index in [1.807, 2.05) is 19.9 Å². The number of amides is 1. The molecule has 118 valence electrons. The molecule has 1 amide bonds. The Morgan fingerprint density at radius 1 is 1.59 bits per heavy atom. The molecule has 2 aromatic heterocycles. The molecule has 0 aliphatic carbocycles. The molecule has 22 heavy (non-hydrogen) atoms. The minimum absolute atomic E-state index is 0.0308. The van der Waals surface area contributed by atoms with Gasteiger partial charge >= 0.3 is 0 Å². The first-order valence-corrected chi connectivity index (χ1v) is 7.49. The molecule has 1 aliphatic rings. The van der Waals surface area contributed by atoms with E-state index >= 15 is 0 Å². The molecule has 8 heteroatoms. The van der Waals surface area contributed by atoms with Crippen LogP contribution in [-0.4, -0.2) is 55.5 Å². The lowest BCUT2D eigenvalue weighted by Gasteiger charge is -2.33. The third kappa shape index (κ3) is 2.87. The summed E-state index contributed by atoms with van der Waals surface area (Å²) >= 11 is 0. The number of carbonyl (C=O) groups is 1. The van der Waals surface area contributed by atoms with Gasteiger partial charge in [0.1, 0.15) is 18.0 Å². The third-order valence-electron chi connectivity index (χ3n) is 3.83. The Hall–Kier alpha value is -2.22. The van der Waals surface area contributed by atoms with Crippen molar-refractivity contribution in [2.75, 3.05) is 19.7 Å². The van der Waals surface area contributed by atoms with Crippen LogP contribution in [0.15, 0.2) is 18.5 Å². The van der Waals surface area contributed by atoms with Crippen LogP contribution in [0.2, 0.25) is 0 Å². The number of H-pyrrole nitrogens is 1. The van der Waals surface area contributed by atoms with Crippen molar-refractivity contribution in [1.82, 2.24) is 29.9 Å². The molecule has 0 bridgehead atoms. The Labute approximate surface area is 128 Å². The van der Waals surface area contributed by atoms with Gasteiger partial charge in [0, 0.05) is 25.4 Å². The zero-order valence-electron chi connectivity index (χ0n) is 12.8. The van der Waals surface area contributed by atoms with Crippen molar-refractivity contribution in [3.63, 3.8) is 0 Å². The molecule has 1 saturated heterocycles. The SMILES string of the molecule is CCc1nc([C@H]2CN(C(=O)[C@H](C)n3cccn3)CCO2)n[nH]1. The number of hydrogen-bond acceptors (Lipinski definition) is 5. The second-order valence-corrected chi connectivity index (χ2v) is 5.30. The van der Waals surface area contributed by atoms with Gasteiger partial charge in [0.2, 0.25) is 5.91 Å². The maximum absolute atomic E-state index is 12.6. The van der Waals surface area contributed by atoms with Crippen LogP contribution in [0.3, 0.4) is 0 Å².